The molecule has 0 aliphatic carbocycles. The van der Waals surface area contributed by atoms with Gasteiger partial charge in [-0.1, -0.05) is 12.8 Å². The van der Waals surface area contributed by atoms with Gasteiger partial charge in [0.1, 0.15) is 22.1 Å². The van der Waals surface area contributed by atoms with Crippen molar-refractivity contribution >= 4 is 10.5 Å². The smallest absolute Gasteiger partial charge is 0.146 e. The highest BCUT2D eigenvalue weighted by Crippen LogP contribution is 2.18. The monoisotopic (exact) mass is 272 g/mol. The van der Waals surface area contributed by atoms with Gasteiger partial charge < -0.3 is 4.43 Å². The molecule has 0 N–H and O–H groups in total. The molecule has 0 spiro atoms. The highest BCUT2D eigenvalue weighted by Gasteiger charge is 2.14. The van der Waals surface area contributed by atoms with Crippen LogP contribution in [0.2, 0.25) is 0 Å². The Bertz CT molecular complexity index is 360. The zero-order valence-electron chi connectivity index (χ0n) is 11.4. The van der Waals surface area contributed by atoms with Gasteiger partial charge in [-0.05, 0) is 50.8 Å². The lowest BCUT2D eigenvalue weighted by Crippen LogP contribution is -2.22. The number of hydrogen-bond acceptors (Lipinski definition) is 1. The minimum absolute atomic E-state index is 0.0167. The van der Waals surface area contributed by atoms with E-state index in [0.717, 1.165) is 54.2 Å². The maximum Gasteiger partial charge on any atom is 0.146 e. The molecule has 102 valence electrons. The second-order valence-corrected chi connectivity index (χ2v) is 5.71. The molecule has 0 aromatic heterocycles. The summed E-state index contributed by atoms with van der Waals surface area (Å²) in [6.07, 6.45) is 4.88. The molecule has 0 saturated heterocycles. The average molecular weight is 272 g/mol. The highest BCUT2D eigenvalue weighted by atomic mass is 28.2. The van der Waals surface area contributed by atoms with Crippen molar-refractivity contribution in [3.8, 4) is 0 Å². The van der Waals surface area contributed by atoms with Crippen LogP contribution in [0.3, 0.4) is 0 Å². The summed E-state index contributed by atoms with van der Waals surface area (Å²) in [5.41, 5.74) is 0.725. The molecule has 4 heteroatoms. The fraction of sp³-hybridized carbons (Fsp3) is 0.571. The minimum Gasteiger partial charge on any atom is -0.423 e. The summed E-state index contributed by atoms with van der Waals surface area (Å²) >= 11 is 0. The van der Waals surface area contributed by atoms with Crippen molar-refractivity contribution in [1.82, 2.24) is 0 Å². The Hall–Kier alpha value is -0.743. The second kappa shape index (κ2) is 7.00. The number of benzene rings is 1. The van der Waals surface area contributed by atoms with Gasteiger partial charge in [0.15, 0.2) is 0 Å². The summed E-state index contributed by atoms with van der Waals surface area (Å²) < 4.78 is 31.4. The van der Waals surface area contributed by atoms with Crippen LogP contribution in [0.25, 0.3) is 0 Å². The van der Waals surface area contributed by atoms with Crippen LogP contribution in [0.4, 0.5) is 8.78 Å². The van der Waals surface area contributed by atoms with E-state index < -0.39 is 11.6 Å². The molecule has 1 rings (SSSR count). The predicted molar refractivity (Wildman–Crippen MR) is 73.6 cm³/mol. The van der Waals surface area contributed by atoms with E-state index in [1.165, 1.54) is 12.1 Å². The summed E-state index contributed by atoms with van der Waals surface area (Å²) in [7, 11) is 0.761. The van der Waals surface area contributed by atoms with Crippen molar-refractivity contribution in [2.24, 2.45) is 0 Å². The third-order valence-electron chi connectivity index (χ3n) is 3.22. The van der Waals surface area contributed by atoms with Crippen LogP contribution in [-0.4, -0.2) is 16.1 Å². The molecule has 18 heavy (non-hydrogen) atoms. The maximum atomic E-state index is 13.0. The van der Waals surface area contributed by atoms with E-state index in [1.54, 1.807) is 0 Å². The summed E-state index contributed by atoms with van der Waals surface area (Å²) in [5.74, 6) is -0.981. The van der Waals surface area contributed by atoms with Crippen molar-refractivity contribution in [3.63, 3.8) is 0 Å². The molecule has 0 saturated carbocycles. The topological polar surface area (TPSA) is 9.23 Å². The third-order valence-corrected chi connectivity index (χ3v) is 4.32. The molecule has 1 aromatic rings. The molecule has 0 radical (unpaired) electrons. The quantitative estimate of drug-likeness (QED) is 0.547. The van der Waals surface area contributed by atoms with E-state index in [4.69, 9.17) is 4.43 Å². The highest BCUT2D eigenvalue weighted by molar-refractivity contribution is 5.98. The van der Waals surface area contributed by atoms with Crippen LogP contribution in [0, 0.1) is 11.6 Å². The van der Waals surface area contributed by atoms with Crippen molar-refractivity contribution in [2.45, 2.75) is 51.6 Å². The number of aryl methyl sites for hydroxylation is 1. The Morgan fingerprint density at radius 3 is 2.22 bits per heavy atom. The molecule has 0 heterocycles. The van der Waals surface area contributed by atoms with Crippen molar-refractivity contribution in [2.75, 3.05) is 0 Å². The second-order valence-electron chi connectivity index (χ2n) is 5.30. The molecule has 0 aliphatic rings. The molecule has 0 unspecified atom stereocenters. The van der Waals surface area contributed by atoms with Crippen LogP contribution in [0.5, 0.6) is 0 Å². The molecular formula is C14H22F2OSi. The average Bonchev–Trinajstić information content (AvgIpc) is 2.27. The van der Waals surface area contributed by atoms with Crippen LogP contribution >= 0.6 is 0 Å². The fourth-order valence-electron chi connectivity index (χ4n) is 1.91. The Morgan fingerprint density at radius 1 is 1.06 bits per heavy atom. The van der Waals surface area contributed by atoms with Gasteiger partial charge in [0.05, 0.1) is 0 Å². The van der Waals surface area contributed by atoms with E-state index in [1.807, 2.05) is 0 Å². The van der Waals surface area contributed by atoms with Crippen molar-refractivity contribution < 1.29 is 13.2 Å². The summed E-state index contributed by atoms with van der Waals surface area (Å²) in [6, 6.07) is 3.73. The molecule has 0 fully saturated rings. The van der Waals surface area contributed by atoms with Gasteiger partial charge in [-0.3, -0.25) is 0 Å². The van der Waals surface area contributed by atoms with Gasteiger partial charge >= 0.3 is 0 Å². The number of halogens is 2. The van der Waals surface area contributed by atoms with Gasteiger partial charge in [-0.25, -0.2) is 8.78 Å². The van der Waals surface area contributed by atoms with Crippen molar-refractivity contribution in [3.05, 3.63) is 35.4 Å². The fourth-order valence-corrected chi connectivity index (χ4v) is 2.12. The largest absolute Gasteiger partial charge is 0.423 e. The molecule has 1 nitrogen and oxygen atoms in total. The lowest BCUT2D eigenvalue weighted by atomic mass is 9.99. The van der Waals surface area contributed by atoms with Crippen LogP contribution < -0.4 is 0 Å². The molecule has 0 amide bonds. The SMILES string of the molecule is CC(C)(CCCCCc1cc(F)cc(F)c1)O[SiH3]. The Labute approximate surface area is 111 Å². The van der Waals surface area contributed by atoms with Gasteiger partial charge in [0, 0.05) is 11.7 Å². The van der Waals surface area contributed by atoms with Gasteiger partial charge in [-0.15, -0.1) is 0 Å². The summed E-state index contributed by atoms with van der Waals surface area (Å²) in [6.45, 7) is 4.20. The Kier molecular flexibility index (Phi) is 5.95. The van der Waals surface area contributed by atoms with E-state index in [9.17, 15) is 8.78 Å². The first-order valence-corrected chi connectivity index (χ1v) is 7.25. The first kappa shape index (κ1) is 15.3. The number of unbranched alkanes of at least 4 members (excludes halogenated alkanes) is 2. The van der Waals surface area contributed by atoms with Gasteiger partial charge in [0.2, 0.25) is 0 Å². The number of rotatable bonds is 7. The van der Waals surface area contributed by atoms with Crippen molar-refractivity contribution in [1.29, 1.82) is 0 Å². The standard InChI is InChI=1S/C14H22F2OSi/c1-14(2,17-18)7-5-3-4-6-11-8-12(15)10-13(16)9-11/h8-10H,3-7H2,1-2,18H3. The normalized spacial score (nSPS) is 12.0. The summed E-state index contributed by atoms with van der Waals surface area (Å²) in [4.78, 5) is 0. The lowest BCUT2D eigenvalue weighted by Gasteiger charge is -2.23. The van der Waals surface area contributed by atoms with E-state index in [0.29, 0.717) is 0 Å². The maximum absolute atomic E-state index is 13.0. The molecule has 0 aliphatic heterocycles. The summed E-state index contributed by atoms with van der Waals surface area (Å²) in [5, 5.41) is 0. The van der Waals surface area contributed by atoms with Crippen LogP contribution in [-0.2, 0) is 10.8 Å². The lowest BCUT2D eigenvalue weighted by molar-refractivity contribution is 0.109. The van der Waals surface area contributed by atoms with Crippen LogP contribution in [0.15, 0.2) is 18.2 Å². The van der Waals surface area contributed by atoms with Gasteiger partial charge in [-0.2, -0.15) is 0 Å². The first-order chi connectivity index (χ1) is 8.43. The van der Waals surface area contributed by atoms with E-state index >= 15 is 0 Å². The third kappa shape index (κ3) is 5.73. The molecule has 1 aromatic carbocycles. The Balaban J connectivity index is 2.26. The van der Waals surface area contributed by atoms with E-state index in [2.05, 4.69) is 13.8 Å². The van der Waals surface area contributed by atoms with Crippen LogP contribution in [0.1, 0.15) is 45.1 Å². The molecular weight excluding hydrogens is 250 g/mol. The predicted octanol–water partition coefficient (Wildman–Crippen LogP) is 3.14. The zero-order chi connectivity index (χ0) is 13.6. The minimum atomic E-state index is -0.490. The Morgan fingerprint density at radius 2 is 1.67 bits per heavy atom. The van der Waals surface area contributed by atoms with E-state index in [-0.39, 0.29) is 5.60 Å². The molecule has 0 bridgehead atoms. The van der Waals surface area contributed by atoms with Gasteiger partial charge in [0.25, 0.3) is 0 Å². The molecule has 0 atom stereocenters. The zero-order valence-corrected chi connectivity index (χ0v) is 13.4. The number of hydrogen-bond donors (Lipinski definition) is 0. The first-order valence-electron chi connectivity index (χ1n) is 6.43.